The first-order chi connectivity index (χ1) is 11.6. The van der Waals surface area contributed by atoms with E-state index in [1.54, 1.807) is 14.2 Å². The van der Waals surface area contributed by atoms with E-state index in [1.807, 2.05) is 32.0 Å². The Morgan fingerprint density at radius 2 is 1.69 bits per heavy atom. The van der Waals surface area contributed by atoms with Crippen molar-refractivity contribution in [3.63, 3.8) is 0 Å². The number of hydrogen-bond acceptors (Lipinski definition) is 3. The lowest BCUT2D eigenvalue weighted by molar-refractivity contribution is -0.132. The number of alkyl halides is 3. The number of halogens is 4. The van der Waals surface area contributed by atoms with Gasteiger partial charge in [-0.05, 0) is 17.7 Å². The zero-order valence-corrected chi connectivity index (χ0v) is 18.0. The van der Waals surface area contributed by atoms with Gasteiger partial charge >= 0.3 is 6.18 Å². The van der Waals surface area contributed by atoms with Crippen LogP contribution in [0.15, 0.2) is 23.2 Å². The van der Waals surface area contributed by atoms with Crippen molar-refractivity contribution in [3.05, 3.63) is 23.8 Å². The van der Waals surface area contributed by atoms with E-state index in [-0.39, 0.29) is 35.9 Å². The number of rotatable bonds is 7. The predicted octanol–water partition coefficient (Wildman–Crippen LogP) is 3.72. The molecule has 0 aliphatic heterocycles. The van der Waals surface area contributed by atoms with Gasteiger partial charge in [0.25, 0.3) is 0 Å². The molecule has 0 fully saturated rings. The van der Waals surface area contributed by atoms with Gasteiger partial charge in [-0.15, -0.1) is 24.0 Å². The molecule has 9 heteroatoms. The second-order valence-corrected chi connectivity index (χ2v) is 6.17. The fraction of sp³-hybridized carbons (Fsp3) is 0.588. The lowest BCUT2D eigenvalue weighted by Gasteiger charge is -2.27. The molecule has 2 N–H and O–H groups in total. The SMILES string of the molecule is CN=C(NCCC(F)(F)F)NCC(C)(C)c1ccc(OC)c(OC)c1.I. The van der Waals surface area contributed by atoms with Crippen LogP contribution in [0.4, 0.5) is 13.2 Å². The van der Waals surface area contributed by atoms with Gasteiger partial charge < -0.3 is 20.1 Å². The molecular weight excluding hydrogens is 462 g/mol. The molecule has 1 aromatic rings. The number of methoxy groups -OCH3 is 2. The zero-order chi connectivity index (χ0) is 19.1. The summed E-state index contributed by atoms with van der Waals surface area (Å²) in [5.74, 6) is 1.60. The normalized spacial score (nSPS) is 12.2. The third-order valence-electron chi connectivity index (χ3n) is 3.79. The monoisotopic (exact) mass is 489 g/mol. The molecule has 0 unspecified atom stereocenters. The number of benzene rings is 1. The van der Waals surface area contributed by atoms with Gasteiger partial charge in [-0.25, -0.2) is 0 Å². The van der Waals surface area contributed by atoms with E-state index >= 15 is 0 Å². The molecule has 0 saturated heterocycles. The highest BCUT2D eigenvalue weighted by Crippen LogP contribution is 2.32. The fourth-order valence-electron chi connectivity index (χ4n) is 2.21. The van der Waals surface area contributed by atoms with Crippen LogP contribution in [0, 0.1) is 0 Å². The standard InChI is InChI=1S/C17H26F3N3O2.HI/c1-16(2,12-6-7-13(24-4)14(10-12)25-5)11-23-15(21-3)22-9-8-17(18,19)20;/h6-7,10H,8-9,11H2,1-5H3,(H2,21,22,23);1H. The maximum absolute atomic E-state index is 12.2. The Balaban J connectivity index is 0.00000625. The van der Waals surface area contributed by atoms with Crippen molar-refractivity contribution in [2.45, 2.75) is 31.9 Å². The number of nitrogens with zero attached hydrogens (tertiary/aromatic N) is 1. The molecule has 0 aliphatic carbocycles. The van der Waals surface area contributed by atoms with E-state index in [1.165, 1.54) is 7.05 Å². The number of aliphatic imine (C=N–C) groups is 1. The molecule has 0 heterocycles. The minimum Gasteiger partial charge on any atom is -0.493 e. The summed E-state index contributed by atoms with van der Waals surface area (Å²) in [7, 11) is 4.66. The predicted molar refractivity (Wildman–Crippen MR) is 108 cm³/mol. The molecular formula is C17H27F3IN3O2. The first kappa shape index (κ1) is 24.6. The Bertz CT molecular complexity index is 593. The van der Waals surface area contributed by atoms with Crippen molar-refractivity contribution in [2.75, 3.05) is 34.4 Å². The second kappa shape index (κ2) is 10.7. The van der Waals surface area contributed by atoms with E-state index in [2.05, 4.69) is 15.6 Å². The van der Waals surface area contributed by atoms with Crippen LogP contribution in [0.25, 0.3) is 0 Å². The number of hydrogen-bond donors (Lipinski definition) is 2. The van der Waals surface area contributed by atoms with Crippen LogP contribution >= 0.6 is 24.0 Å². The molecule has 0 spiro atoms. The minimum absolute atomic E-state index is 0. The number of ether oxygens (including phenoxy) is 2. The molecule has 26 heavy (non-hydrogen) atoms. The maximum atomic E-state index is 12.2. The van der Waals surface area contributed by atoms with Crippen molar-refractivity contribution in [3.8, 4) is 11.5 Å². The van der Waals surface area contributed by atoms with Crippen LogP contribution in [0.5, 0.6) is 11.5 Å². The zero-order valence-electron chi connectivity index (χ0n) is 15.7. The van der Waals surface area contributed by atoms with E-state index in [0.29, 0.717) is 24.0 Å². The Hall–Kier alpha value is -1.39. The van der Waals surface area contributed by atoms with Crippen LogP contribution in [-0.2, 0) is 5.41 Å². The Morgan fingerprint density at radius 3 is 2.19 bits per heavy atom. The van der Waals surface area contributed by atoms with Crippen molar-refractivity contribution < 1.29 is 22.6 Å². The highest BCUT2D eigenvalue weighted by molar-refractivity contribution is 14.0. The van der Waals surface area contributed by atoms with Crippen LogP contribution in [-0.4, -0.2) is 46.5 Å². The lowest BCUT2D eigenvalue weighted by atomic mass is 9.84. The molecule has 1 rings (SSSR count). The van der Waals surface area contributed by atoms with E-state index in [9.17, 15) is 13.2 Å². The molecule has 0 aromatic heterocycles. The smallest absolute Gasteiger partial charge is 0.390 e. The maximum Gasteiger partial charge on any atom is 0.390 e. The third-order valence-corrected chi connectivity index (χ3v) is 3.79. The summed E-state index contributed by atoms with van der Waals surface area (Å²) in [5.41, 5.74) is 0.699. The van der Waals surface area contributed by atoms with Crippen molar-refractivity contribution in [1.29, 1.82) is 0 Å². The van der Waals surface area contributed by atoms with Crippen LogP contribution < -0.4 is 20.1 Å². The Morgan fingerprint density at radius 1 is 1.08 bits per heavy atom. The van der Waals surface area contributed by atoms with E-state index in [0.717, 1.165) is 5.56 Å². The summed E-state index contributed by atoms with van der Waals surface area (Å²) >= 11 is 0. The van der Waals surface area contributed by atoms with Gasteiger partial charge in [-0.1, -0.05) is 19.9 Å². The largest absolute Gasteiger partial charge is 0.493 e. The Labute approximate surface area is 169 Å². The van der Waals surface area contributed by atoms with Gasteiger partial charge in [0, 0.05) is 25.6 Å². The summed E-state index contributed by atoms with van der Waals surface area (Å²) in [5, 5.41) is 5.72. The third kappa shape index (κ3) is 7.88. The summed E-state index contributed by atoms with van der Waals surface area (Å²) in [6.45, 7) is 4.29. The number of guanidine groups is 1. The average molecular weight is 489 g/mol. The quantitative estimate of drug-likeness (QED) is 0.349. The van der Waals surface area contributed by atoms with Gasteiger partial charge in [0.2, 0.25) is 0 Å². The highest BCUT2D eigenvalue weighted by Gasteiger charge is 2.27. The minimum atomic E-state index is -4.19. The Kier molecular flexibility index (Phi) is 10.1. The topological polar surface area (TPSA) is 54.9 Å². The molecule has 5 nitrogen and oxygen atoms in total. The van der Waals surface area contributed by atoms with Gasteiger partial charge in [-0.3, -0.25) is 4.99 Å². The summed E-state index contributed by atoms with van der Waals surface area (Å²) in [6.07, 6.45) is -5.10. The molecule has 0 bridgehead atoms. The fourth-order valence-corrected chi connectivity index (χ4v) is 2.21. The van der Waals surface area contributed by atoms with Crippen LogP contribution in [0.3, 0.4) is 0 Å². The molecule has 150 valence electrons. The first-order valence-corrected chi connectivity index (χ1v) is 7.86. The summed E-state index contributed by atoms with van der Waals surface area (Å²) in [6, 6.07) is 5.65. The highest BCUT2D eigenvalue weighted by atomic mass is 127. The molecule has 0 aliphatic rings. The molecule has 0 radical (unpaired) electrons. The summed E-state index contributed by atoms with van der Waals surface area (Å²) < 4.78 is 47.2. The van der Waals surface area contributed by atoms with Gasteiger partial charge in [-0.2, -0.15) is 13.2 Å². The van der Waals surface area contributed by atoms with Crippen molar-refractivity contribution in [2.24, 2.45) is 4.99 Å². The number of nitrogens with one attached hydrogen (secondary N) is 2. The van der Waals surface area contributed by atoms with E-state index < -0.39 is 12.6 Å². The first-order valence-electron chi connectivity index (χ1n) is 7.86. The molecule has 0 saturated carbocycles. The average Bonchev–Trinajstić information content (AvgIpc) is 2.56. The van der Waals surface area contributed by atoms with Crippen LogP contribution in [0.2, 0.25) is 0 Å². The molecule has 1 aromatic carbocycles. The van der Waals surface area contributed by atoms with Crippen molar-refractivity contribution >= 4 is 29.9 Å². The van der Waals surface area contributed by atoms with E-state index in [4.69, 9.17) is 9.47 Å². The lowest BCUT2D eigenvalue weighted by Crippen LogP contribution is -2.44. The van der Waals surface area contributed by atoms with Crippen LogP contribution in [0.1, 0.15) is 25.8 Å². The van der Waals surface area contributed by atoms with Gasteiger partial charge in [0.1, 0.15) is 0 Å². The van der Waals surface area contributed by atoms with Gasteiger partial charge in [0.05, 0.1) is 20.6 Å². The van der Waals surface area contributed by atoms with Crippen molar-refractivity contribution in [1.82, 2.24) is 10.6 Å². The van der Waals surface area contributed by atoms with Gasteiger partial charge in [0.15, 0.2) is 17.5 Å². The molecule has 0 atom stereocenters. The second-order valence-electron chi connectivity index (χ2n) is 6.17. The summed E-state index contributed by atoms with van der Waals surface area (Å²) in [4.78, 5) is 3.95. The molecule has 0 amide bonds.